The van der Waals surface area contributed by atoms with Gasteiger partial charge < -0.3 is 9.80 Å². The van der Waals surface area contributed by atoms with Gasteiger partial charge in [-0.15, -0.1) is 0 Å². The quantitative estimate of drug-likeness (QED) is 0.754. The highest BCUT2D eigenvalue weighted by atomic mass is 79.9. The van der Waals surface area contributed by atoms with E-state index in [4.69, 9.17) is 0 Å². The summed E-state index contributed by atoms with van der Waals surface area (Å²) in [7, 11) is 2.04. The molecule has 2 nitrogen and oxygen atoms in total. The van der Waals surface area contributed by atoms with Crippen LogP contribution in [0.1, 0.15) is 5.56 Å². The van der Waals surface area contributed by atoms with Gasteiger partial charge in [0, 0.05) is 35.9 Å². The van der Waals surface area contributed by atoms with Gasteiger partial charge in [-0.25, -0.2) is 8.78 Å². The number of benzene rings is 2. The number of likely N-dealkylation sites (N-methyl/N-ethyl adjacent to an activating group) is 1. The molecule has 0 spiro atoms. The molecule has 5 heteroatoms. The van der Waals surface area contributed by atoms with Crippen molar-refractivity contribution in [3.8, 4) is 0 Å². The molecule has 110 valence electrons. The van der Waals surface area contributed by atoms with Crippen molar-refractivity contribution in [1.82, 2.24) is 4.90 Å². The lowest BCUT2D eigenvalue weighted by atomic mass is 10.1. The van der Waals surface area contributed by atoms with E-state index in [2.05, 4.69) is 20.8 Å². The molecule has 0 saturated heterocycles. The van der Waals surface area contributed by atoms with E-state index in [0.29, 0.717) is 12.2 Å². The molecule has 2 aromatic rings. The number of fused-ring (bicyclic) bond motifs is 1. The van der Waals surface area contributed by atoms with E-state index in [-0.39, 0.29) is 0 Å². The number of hydrogen-bond acceptors (Lipinski definition) is 2. The van der Waals surface area contributed by atoms with Crippen LogP contribution in [0.15, 0.2) is 40.9 Å². The van der Waals surface area contributed by atoms with Crippen molar-refractivity contribution in [2.75, 3.05) is 25.0 Å². The Balaban J connectivity index is 2.10. The van der Waals surface area contributed by atoms with Gasteiger partial charge in [-0.2, -0.15) is 0 Å². The van der Waals surface area contributed by atoms with Crippen LogP contribution in [0.4, 0.5) is 20.2 Å². The van der Waals surface area contributed by atoms with Crippen LogP contribution in [0.2, 0.25) is 0 Å². The third kappa shape index (κ3) is 2.94. The van der Waals surface area contributed by atoms with E-state index in [1.54, 1.807) is 0 Å². The van der Waals surface area contributed by atoms with E-state index in [1.165, 1.54) is 12.1 Å². The minimum atomic E-state index is -0.556. The van der Waals surface area contributed by atoms with Crippen molar-refractivity contribution in [3.05, 3.63) is 58.1 Å². The fraction of sp³-hybridized carbons (Fsp3) is 0.250. The number of nitrogens with zero attached hydrogens (tertiary/aromatic N) is 2. The number of anilines is 2. The van der Waals surface area contributed by atoms with Gasteiger partial charge in [0.15, 0.2) is 0 Å². The number of rotatable bonds is 1. The Kier molecular flexibility index (Phi) is 3.95. The van der Waals surface area contributed by atoms with E-state index in [9.17, 15) is 8.78 Å². The fourth-order valence-electron chi connectivity index (χ4n) is 2.66. The molecule has 1 aliphatic rings. The van der Waals surface area contributed by atoms with Crippen LogP contribution in [0.5, 0.6) is 0 Å². The monoisotopic (exact) mass is 352 g/mol. The molecule has 1 aliphatic heterocycles. The predicted molar refractivity (Wildman–Crippen MR) is 83.8 cm³/mol. The second kappa shape index (κ2) is 5.73. The summed E-state index contributed by atoms with van der Waals surface area (Å²) in [6, 6.07) is 9.70. The maximum absolute atomic E-state index is 14.1. The molecule has 0 amide bonds. The van der Waals surface area contributed by atoms with E-state index >= 15 is 0 Å². The van der Waals surface area contributed by atoms with Gasteiger partial charge in [-0.05, 0) is 42.9 Å². The van der Waals surface area contributed by atoms with Crippen molar-refractivity contribution in [3.63, 3.8) is 0 Å². The normalized spacial score (nSPS) is 15.7. The van der Waals surface area contributed by atoms with E-state index in [1.807, 2.05) is 30.1 Å². The standard InChI is InChI=1S/C16H15BrF2N2/c1-20-6-7-21(16-5-3-13(18)9-14(16)19)15-4-2-12(17)8-11(15)10-20/h2-5,8-9H,6-7,10H2,1H3. The molecule has 0 aliphatic carbocycles. The first-order chi connectivity index (χ1) is 10.0. The van der Waals surface area contributed by atoms with Gasteiger partial charge in [0.25, 0.3) is 0 Å². The first-order valence-corrected chi connectivity index (χ1v) is 7.53. The minimum Gasteiger partial charge on any atom is -0.338 e. The van der Waals surface area contributed by atoms with Gasteiger partial charge in [-0.1, -0.05) is 15.9 Å². The van der Waals surface area contributed by atoms with Crippen LogP contribution in [0.25, 0.3) is 0 Å². The molecular formula is C16H15BrF2N2. The minimum absolute atomic E-state index is 0.412. The highest BCUT2D eigenvalue weighted by Crippen LogP contribution is 2.34. The molecule has 0 radical (unpaired) electrons. The zero-order valence-electron chi connectivity index (χ0n) is 11.6. The molecule has 1 heterocycles. The highest BCUT2D eigenvalue weighted by molar-refractivity contribution is 9.10. The largest absolute Gasteiger partial charge is 0.338 e. The molecule has 3 rings (SSSR count). The first-order valence-electron chi connectivity index (χ1n) is 6.74. The lowest BCUT2D eigenvalue weighted by Crippen LogP contribution is -2.26. The van der Waals surface area contributed by atoms with Crippen molar-refractivity contribution < 1.29 is 8.78 Å². The molecule has 0 unspecified atom stereocenters. The van der Waals surface area contributed by atoms with Gasteiger partial charge in [-0.3, -0.25) is 0 Å². The third-order valence-electron chi connectivity index (χ3n) is 3.68. The molecule has 0 N–H and O–H groups in total. The molecule has 0 bridgehead atoms. The Morgan fingerprint density at radius 2 is 1.76 bits per heavy atom. The molecule has 0 fully saturated rings. The molecule has 21 heavy (non-hydrogen) atoms. The van der Waals surface area contributed by atoms with E-state index in [0.717, 1.165) is 34.9 Å². The summed E-state index contributed by atoms with van der Waals surface area (Å²) in [6.07, 6.45) is 0. The Bertz CT molecular complexity index is 675. The zero-order valence-corrected chi connectivity index (χ0v) is 13.2. The van der Waals surface area contributed by atoms with Crippen molar-refractivity contribution in [2.24, 2.45) is 0 Å². The van der Waals surface area contributed by atoms with Crippen LogP contribution < -0.4 is 4.90 Å². The van der Waals surface area contributed by atoms with Crippen LogP contribution in [0.3, 0.4) is 0 Å². The summed E-state index contributed by atoms with van der Waals surface area (Å²) < 4.78 is 28.3. The third-order valence-corrected chi connectivity index (χ3v) is 4.17. The summed E-state index contributed by atoms with van der Waals surface area (Å²) in [5.41, 5.74) is 2.50. The van der Waals surface area contributed by atoms with Crippen molar-refractivity contribution in [1.29, 1.82) is 0 Å². The summed E-state index contributed by atoms with van der Waals surface area (Å²) >= 11 is 3.48. The topological polar surface area (TPSA) is 6.48 Å². The van der Waals surface area contributed by atoms with E-state index < -0.39 is 11.6 Å². The van der Waals surface area contributed by atoms with Crippen LogP contribution >= 0.6 is 15.9 Å². The molecule has 0 atom stereocenters. The van der Waals surface area contributed by atoms with Crippen LogP contribution in [0, 0.1) is 11.6 Å². The van der Waals surface area contributed by atoms with Crippen LogP contribution in [-0.2, 0) is 6.54 Å². The summed E-state index contributed by atoms with van der Waals surface area (Å²) in [4.78, 5) is 4.10. The summed E-state index contributed by atoms with van der Waals surface area (Å²) in [5.74, 6) is -1.09. The maximum Gasteiger partial charge on any atom is 0.149 e. The fourth-order valence-corrected chi connectivity index (χ4v) is 3.06. The Morgan fingerprint density at radius 1 is 1.00 bits per heavy atom. The number of halogens is 3. The van der Waals surface area contributed by atoms with Crippen molar-refractivity contribution in [2.45, 2.75) is 6.54 Å². The van der Waals surface area contributed by atoms with Gasteiger partial charge >= 0.3 is 0 Å². The van der Waals surface area contributed by atoms with Gasteiger partial charge in [0.05, 0.1) is 5.69 Å². The SMILES string of the molecule is CN1CCN(c2ccc(F)cc2F)c2ccc(Br)cc2C1. The molecule has 0 aromatic heterocycles. The van der Waals surface area contributed by atoms with Gasteiger partial charge in [0.1, 0.15) is 11.6 Å². The average molecular weight is 353 g/mol. The second-order valence-electron chi connectivity index (χ2n) is 5.26. The van der Waals surface area contributed by atoms with Gasteiger partial charge in [0.2, 0.25) is 0 Å². The number of hydrogen-bond donors (Lipinski definition) is 0. The predicted octanol–water partition coefficient (Wildman–Crippen LogP) is 4.31. The lowest BCUT2D eigenvalue weighted by Gasteiger charge is -2.25. The summed E-state index contributed by atoms with van der Waals surface area (Å²) in [6.45, 7) is 2.27. The Morgan fingerprint density at radius 3 is 2.52 bits per heavy atom. The maximum atomic E-state index is 14.1. The average Bonchev–Trinajstić information content (AvgIpc) is 2.57. The van der Waals surface area contributed by atoms with Crippen molar-refractivity contribution >= 4 is 27.3 Å². The Hall–Kier alpha value is -1.46. The van der Waals surface area contributed by atoms with Crippen LogP contribution in [-0.4, -0.2) is 25.0 Å². The summed E-state index contributed by atoms with van der Waals surface area (Å²) in [5, 5.41) is 0. The first kappa shape index (κ1) is 14.5. The molecule has 2 aromatic carbocycles. The second-order valence-corrected chi connectivity index (χ2v) is 6.17. The Labute approximate surface area is 131 Å². The highest BCUT2D eigenvalue weighted by Gasteiger charge is 2.21. The molecule has 0 saturated carbocycles. The smallest absolute Gasteiger partial charge is 0.149 e. The zero-order chi connectivity index (χ0) is 15.0. The lowest BCUT2D eigenvalue weighted by molar-refractivity contribution is 0.343. The molecular weight excluding hydrogens is 338 g/mol.